The molecule has 0 bridgehead atoms. The summed E-state index contributed by atoms with van der Waals surface area (Å²) in [7, 11) is 0. The Kier molecular flexibility index (Phi) is 9.14. The summed E-state index contributed by atoms with van der Waals surface area (Å²) in [5.74, 6) is 6.67. The van der Waals surface area contributed by atoms with Crippen LogP contribution in [0.3, 0.4) is 0 Å². The summed E-state index contributed by atoms with van der Waals surface area (Å²) in [6, 6.07) is 19.9. The fourth-order valence-corrected chi connectivity index (χ4v) is 3.49. The molecule has 1 aliphatic rings. The fourth-order valence-electron chi connectivity index (χ4n) is 3.49. The topological polar surface area (TPSA) is 101 Å². The van der Waals surface area contributed by atoms with Gasteiger partial charge in [0.2, 0.25) is 5.91 Å². The maximum Gasteiger partial charge on any atom is 0.256 e. The van der Waals surface area contributed by atoms with Crippen molar-refractivity contribution in [2.24, 2.45) is 10.7 Å². The largest absolute Gasteiger partial charge is 0.366 e. The van der Waals surface area contributed by atoms with E-state index in [1.807, 2.05) is 36.4 Å². The average molecular weight is 468 g/mol. The van der Waals surface area contributed by atoms with Crippen LogP contribution in [0.1, 0.15) is 52.1 Å². The van der Waals surface area contributed by atoms with Gasteiger partial charge in [-0.3, -0.25) is 14.6 Å². The lowest BCUT2D eigenvalue weighted by Crippen LogP contribution is -2.29. The van der Waals surface area contributed by atoms with Crippen LogP contribution in [0.15, 0.2) is 77.9 Å². The second-order valence-corrected chi connectivity index (χ2v) is 7.76. The van der Waals surface area contributed by atoms with Crippen molar-refractivity contribution >= 4 is 23.5 Å². The third kappa shape index (κ3) is 7.27. The van der Waals surface area contributed by atoms with Crippen molar-refractivity contribution in [3.8, 4) is 11.8 Å². The minimum absolute atomic E-state index is 0.169. The highest BCUT2D eigenvalue weighted by molar-refractivity contribution is 6.03. The van der Waals surface area contributed by atoms with E-state index in [4.69, 9.17) is 5.73 Å². The number of primary amides is 1. The summed E-state index contributed by atoms with van der Waals surface area (Å²) >= 11 is 0. The van der Waals surface area contributed by atoms with Gasteiger partial charge in [-0.25, -0.2) is 4.98 Å². The van der Waals surface area contributed by atoms with Crippen molar-refractivity contribution in [2.45, 2.75) is 20.3 Å². The second-order valence-electron chi connectivity index (χ2n) is 7.76. The van der Waals surface area contributed by atoms with Gasteiger partial charge in [-0.1, -0.05) is 43.2 Å². The number of nitrogens with one attached hydrogen (secondary N) is 1. The van der Waals surface area contributed by atoms with Gasteiger partial charge in [0.1, 0.15) is 11.7 Å². The van der Waals surface area contributed by atoms with Crippen LogP contribution >= 0.6 is 0 Å². The van der Waals surface area contributed by atoms with E-state index < -0.39 is 5.91 Å². The molecule has 3 N–H and O–H groups in total. The van der Waals surface area contributed by atoms with Crippen LogP contribution < -0.4 is 11.1 Å². The molecule has 1 aromatic heterocycles. The Morgan fingerprint density at radius 2 is 1.77 bits per heavy atom. The third-order valence-corrected chi connectivity index (χ3v) is 5.16. The monoisotopic (exact) mass is 467 g/mol. The summed E-state index contributed by atoms with van der Waals surface area (Å²) in [6.07, 6.45) is 2.75. The van der Waals surface area contributed by atoms with Gasteiger partial charge >= 0.3 is 0 Å². The molecule has 0 spiro atoms. The van der Waals surface area contributed by atoms with E-state index in [1.54, 1.807) is 43.5 Å². The van der Waals surface area contributed by atoms with Crippen molar-refractivity contribution in [1.29, 1.82) is 0 Å². The highest BCUT2D eigenvalue weighted by atomic mass is 16.2. The van der Waals surface area contributed by atoms with Crippen LogP contribution in [0.5, 0.6) is 0 Å². The minimum atomic E-state index is -0.393. The summed E-state index contributed by atoms with van der Waals surface area (Å²) in [6.45, 7) is 6.79. The molecular weight excluding hydrogens is 438 g/mol. The second kappa shape index (κ2) is 12.7. The molecule has 35 heavy (non-hydrogen) atoms. The molecule has 2 amide bonds. The van der Waals surface area contributed by atoms with E-state index in [0.29, 0.717) is 16.9 Å². The maximum absolute atomic E-state index is 11.8. The Labute approximate surface area is 206 Å². The molecule has 0 atom stereocenters. The highest BCUT2D eigenvalue weighted by Gasteiger charge is 2.17. The van der Waals surface area contributed by atoms with Crippen molar-refractivity contribution < 1.29 is 9.59 Å². The van der Waals surface area contributed by atoms with E-state index >= 15 is 0 Å². The maximum atomic E-state index is 11.8. The Hall–Kier alpha value is -4.44. The Bertz CT molecular complexity index is 1220. The summed E-state index contributed by atoms with van der Waals surface area (Å²) in [4.78, 5) is 33.7. The molecule has 2 aromatic carbocycles. The minimum Gasteiger partial charge on any atom is -0.366 e. The molecule has 0 radical (unpaired) electrons. The smallest absolute Gasteiger partial charge is 0.256 e. The Balaban J connectivity index is 0.000000196. The van der Waals surface area contributed by atoms with Gasteiger partial charge in [0.25, 0.3) is 5.91 Å². The van der Waals surface area contributed by atoms with E-state index in [9.17, 15) is 9.59 Å². The van der Waals surface area contributed by atoms with Crippen molar-refractivity contribution in [3.63, 3.8) is 0 Å². The van der Waals surface area contributed by atoms with Gasteiger partial charge in [0.05, 0.1) is 6.54 Å². The molecule has 0 fully saturated rings. The molecule has 3 aromatic rings. The molecule has 4 rings (SSSR count). The van der Waals surface area contributed by atoms with Crippen LogP contribution in [0.25, 0.3) is 0 Å². The number of anilines is 1. The number of amides is 2. The van der Waals surface area contributed by atoms with Gasteiger partial charge in [-0.15, -0.1) is 5.92 Å². The first-order valence-corrected chi connectivity index (χ1v) is 11.5. The SMILES string of the molecule is CC#Cc1ccc(NC(=O)c2ccccc2)nc1.CCCN1CCN=C1c1ccc(C(N)=O)cc1. The van der Waals surface area contributed by atoms with E-state index in [1.165, 1.54) is 0 Å². The Morgan fingerprint density at radius 1 is 1.03 bits per heavy atom. The lowest BCUT2D eigenvalue weighted by atomic mass is 10.1. The quantitative estimate of drug-likeness (QED) is 0.536. The van der Waals surface area contributed by atoms with Gasteiger partial charge in [-0.05, 0) is 49.7 Å². The molecule has 7 nitrogen and oxygen atoms in total. The first-order valence-electron chi connectivity index (χ1n) is 11.5. The first kappa shape index (κ1) is 25.2. The lowest BCUT2D eigenvalue weighted by Gasteiger charge is -2.19. The van der Waals surface area contributed by atoms with Crippen molar-refractivity contribution in [2.75, 3.05) is 25.0 Å². The predicted molar refractivity (Wildman–Crippen MR) is 139 cm³/mol. The van der Waals surface area contributed by atoms with Gasteiger partial charge < -0.3 is 16.0 Å². The number of hydrogen-bond donors (Lipinski definition) is 2. The molecule has 0 saturated carbocycles. The van der Waals surface area contributed by atoms with Gasteiger partial charge in [-0.2, -0.15) is 0 Å². The fraction of sp³-hybridized carbons (Fsp3) is 0.214. The molecule has 1 aliphatic heterocycles. The van der Waals surface area contributed by atoms with Crippen LogP contribution in [-0.4, -0.2) is 47.2 Å². The summed E-state index contributed by atoms with van der Waals surface area (Å²) < 4.78 is 0. The molecule has 0 saturated heterocycles. The number of hydrogen-bond acceptors (Lipinski definition) is 5. The number of nitrogens with zero attached hydrogens (tertiary/aromatic N) is 3. The lowest BCUT2D eigenvalue weighted by molar-refractivity contribution is 0.0997. The number of nitrogens with two attached hydrogens (primary N) is 1. The van der Waals surface area contributed by atoms with Gasteiger partial charge in [0.15, 0.2) is 0 Å². The first-order chi connectivity index (χ1) is 17.0. The summed E-state index contributed by atoms with van der Waals surface area (Å²) in [5.41, 5.74) is 8.24. The zero-order valence-corrected chi connectivity index (χ0v) is 20.0. The van der Waals surface area contributed by atoms with Gasteiger partial charge in [0, 0.05) is 41.5 Å². The molecule has 7 heteroatoms. The van der Waals surface area contributed by atoms with Crippen LogP contribution in [0, 0.1) is 11.8 Å². The summed E-state index contributed by atoms with van der Waals surface area (Å²) in [5, 5.41) is 2.73. The van der Waals surface area contributed by atoms with E-state index in [-0.39, 0.29) is 5.91 Å². The Morgan fingerprint density at radius 3 is 2.37 bits per heavy atom. The van der Waals surface area contributed by atoms with Crippen LogP contribution in [-0.2, 0) is 0 Å². The molecule has 0 aliphatic carbocycles. The number of carbonyl (C=O) groups is 2. The van der Waals surface area contributed by atoms with E-state index in [2.05, 4.69) is 39.0 Å². The number of pyridine rings is 1. The number of aliphatic imine (C=N–C) groups is 1. The zero-order chi connectivity index (χ0) is 25.0. The molecular formula is C28H29N5O2. The highest BCUT2D eigenvalue weighted by Crippen LogP contribution is 2.13. The average Bonchev–Trinajstić information content (AvgIpc) is 3.35. The number of benzene rings is 2. The zero-order valence-electron chi connectivity index (χ0n) is 20.0. The standard InChI is InChI=1S/C15H12N2O.C13H17N3O/c1-2-6-12-9-10-14(16-11-12)17-15(18)13-7-4-3-5-8-13;1-2-8-16-9-7-15-13(16)11-5-3-10(4-6-11)12(14)17/h3-5,7-11H,1H3,(H,16,17,18);3-6H,2,7-9H2,1H3,(H2,14,17). The number of rotatable bonds is 6. The number of amidine groups is 1. The molecule has 2 heterocycles. The molecule has 178 valence electrons. The normalized spacial score (nSPS) is 11.9. The van der Waals surface area contributed by atoms with Crippen LogP contribution in [0.4, 0.5) is 5.82 Å². The van der Waals surface area contributed by atoms with Crippen molar-refractivity contribution in [3.05, 3.63) is 95.2 Å². The van der Waals surface area contributed by atoms with E-state index in [0.717, 1.165) is 43.0 Å². The number of carbonyl (C=O) groups excluding carboxylic acids is 2. The molecule has 0 unspecified atom stereocenters. The van der Waals surface area contributed by atoms with Crippen molar-refractivity contribution in [1.82, 2.24) is 9.88 Å². The number of aromatic nitrogens is 1. The predicted octanol–water partition coefficient (Wildman–Crippen LogP) is 3.96. The third-order valence-electron chi connectivity index (χ3n) is 5.16. The van der Waals surface area contributed by atoms with Crippen LogP contribution in [0.2, 0.25) is 0 Å².